The average Bonchev–Trinajstić information content (AvgIpc) is 3.42. The Hall–Kier alpha value is -1.84. The highest BCUT2D eigenvalue weighted by Crippen LogP contribution is 2.43. The number of aryl methyl sites for hydroxylation is 3. The molecule has 4 heteroatoms. The van der Waals surface area contributed by atoms with Gasteiger partial charge in [0.2, 0.25) is 0 Å². The first kappa shape index (κ1) is 23.4. The van der Waals surface area contributed by atoms with Gasteiger partial charge in [0.05, 0.1) is 5.41 Å². The van der Waals surface area contributed by atoms with Crippen LogP contribution in [0.15, 0.2) is 12.1 Å². The average molecular weight is 403 g/mol. The highest BCUT2D eigenvalue weighted by Gasteiger charge is 2.44. The topological polar surface area (TPSA) is 63.6 Å². The molecule has 4 nitrogen and oxygen atoms in total. The van der Waals surface area contributed by atoms with Crippen LogP contribution in [-0.4, -0.2) is 23.1 Å². The molecule has 1 aromatic rings. The molecule has 0 spiro atoms. The zero-order chi connectivity index (χ0) is 21.5. The highest BCUT2D eigenvalue weighted by molar-refractivity contribution is 5.73. The Morgan fingerprint density at radius 2 is 1.79 bits per heavy atom. The molecule has 0 saturated heterocycles. The molecule has 1 aliphatic rings. The van der Waals surface area contributed by atoms with Crippen molar-refractivity contribution in [2.24, 2.45) is 5.41 Å². The third kappa shape index (κ3) is 7.17. The van der Waals surface area contributed by atoms with Crippen molar-refractivity contribution in [2.75, 3.05) is 0 Å². The number of carboxylic acid groups (broad SMARTS) is 1. The summed E-state index contributed by atoms with van der Waals surface area (Å²) in [7, 11) is 0. The first-order chi connectivity index (χ1) is 13.7. The van der Waals surface area contributed by atoms with Crippen molar-refractivity contribution >= 4 is 12.4 Å². The van der Waals surface area contributed by atoms with Gasteiger partial charge in [-0.2, -0.15) is 0 Å². The maximum absolute atomic E-state index is 11.2. The molecule has 1 fully saturated rings. The third-order valence-electron chi connectivity index (χ3n) is 6.62. The van der Waals surface area contributed by atoms with Gasteiger partial charge in [0.25, 0.3) is 6.47 Å². The van der Waals surface area contributed by atoms with Crippen LogP contribution in [0, 0.1) is 19.3 Å². The maximum Gasteiger partial charge on any atom is 0.309 e. The number of carboxylic acids is 1. The smallest absolute Gasteiger partial charge is 0.309 e. The number of carbonyl (C=O) groups excluding carboxylic acids is 1. The molecule has 162 valence electrons. The van der Waals surface area contributed by atoms with Gasteiger partial charge < -0.3 is 9.84 Å². The van der Waals surface area contributed by atoms with Gasteiger partial charge in [-0.15, -0.1) is 0 Å². The summed E-state index contributed by atoms with van der Waals surface area (Å²) >= 11 is 0. The van der Waals surface area contributed by atoms with Crippen molar-refractivity contribution in [3.8, 4) is 0 Å². The second kappa shape index (κ2) is 10.3. The number of aliphatic carboxylic acids is 1. The Morgan fingerprint density at radius 3 is 2.41 bits per heavy atom. The first-order valence-electron chi connectivity index (χ1n) is 11.1. The van der Waals surface area contributed by atoms with E-state index in [1.54, 1.807) is 13.8 Å². The van der Waals surface area contributed by atoms with Crippen molar-refractivity contribution < 1.29 is 19.4 Å². The minimum absolute atomic E-state index is 0.135. The first-order valence-corrected chi connectivity index (χ1v) is 11.1. The number of hydrogen-bond acceptors (Lipinski definition) is 3. The number of rotatable bonds is 14. The molecule has 0 amide bonds. The van der Waals surface area contributed by atoms with Gasteiger partial charge in [0.1, 0.15) is 5.60 Å². The lowest BCUT2D eigenvalue weighted by Crippen LogP contribution is -2.23. The van der Waals surface area contributed by atoms with E-state index in [1.807, 2.05) is 0 Å². The van der Waals surface area contributed by atoms with Gasteiger partial charge in [0.15, 0.2) is 0 Å². The summed E-state index contributed by atoms with van der Waals surface area (Å²) in [6.45, 7) is 8.62. The second-order valence-corrected chi connectivity index (χ2v) is 9.55. The van der Waals surface area contributed by atoms with Crippen LogP contribution in [0.4, 0.5) is 0 Å². The van der Waals surface area contributed by atoms with E-state index in [-0.39, 0.29) is 5.60 Å². The van der Waals surface area contributed by atoms with Crippen LogP contribution >= 0.6 is 0 Å². The summed E-state index contributed by atoms with van der Waals surface area (Å²) < 4.78 is 5.24. The summed E-state index contributed by atoms with van der Waals surface area (Å²) in [6.07, 6.45) is 11.2. The lowest BCUT2D eigenvalue weighted by Gasteiger charge is -2.18. The van der Waals surface area contributed by atoms with E-state index in [0.717, 1.165) is 70.6 Å². The van der Waals surface area contributed by atoms with Gasteiger partial charge in [-0.3, -0.25) is 9.59 Å². The van der Waals surface area contributed by atoms with Gasteiger partial charge in [-0.1, -0.05) is 25.0 Å². The Balaban J connectivity index is 1.77. The van der Waals surface area contributed by atoms with Crippen LogP contribution in [0.2, 0.25) is 0 Å². The van der Waals surface area contributed by atoms with E-state index in [0.29, 0.717) is 6.47 Å². The van der Waals surface area contributed by atoms with Crippen molar-refractivity contribution in [1.82, 2.24) is 0 Å². The lowest BCUT2D eigenvalue weighted by atomic mass is 9.87. The van der Waals surface area contributed by atoms with Gasteiger partial charge in [0, 0.05) is 0 Å². The number of ether oxygens (including phenoxy) is 1. The molecule has 0 atom stereocenters. The standard InChI is InChI=1S/C25H38O4/c1-19-16-21(10-6-5-8-12-24(3,4)23(27)28)17-22(20(19)2)11-7-9-13-25(14-15-25)29-18-26/h16-18H,5-15H2,1-4H3,(H,27,28). The largest absolute Gasteiger partial charge is 0.481 e. The SMILES string of the molecule is Cc1cc(CCCCCC(C)(C)C(=O)O)cc(CCCCC2(OC=O)CC2)c1C. The van der Waals surface area contributed by atoms with Crippen LogP contribution in [0.25, 0.3) is 0 Å². The quantitative estimate of drug-likeness (QED) is 0.309. The number of unbranched alkanes of at least 4 members (excludes halogenated alkanes) is 3. The molecule has 0 aromatic heterocycles. The normalized spacial score (nSPS) is 15.2. The Kier molecular flexibility index (Phi) is 8.30. The molecule has 29 heavy (non-hydrogen) atoms. The summed E-state index contributed by atoms with van der Waals surface area (Å²) in [4.78, 5) is 21.8. The van der Waals surface area contributed by atoms with Crippen LogP contribution in [0.1, 0.15) is 93.9 Å². The van der Waals surface area contributed by atoms with Crippen molar-refractivity contribution in [1.29, 1.82) is 0 Å². The Labute approximate surface area is 176 Å². The summed E-state index contributed by atoms with van der Waals surface area (Å²) in [5, 5.41) is 9.20. The number of benzene rings is 1. The predicted octanol–water partition coefficient (Wildman–Crippen LogP) is 5.94. The van der Waals surface area contributed by atoms with Crippen LogP contribution in [0.3, 0.4) is 0 Å². The van der Waals surface area contributed by atoms with E-state index in [9.17, 15) is 14.7 Å². The second-order valence-electron chi connectivity index (χ2n) is 9.55. The Morgan fingerprint density at radius 1 is 1.10 bits per heavy atom. The van der Waals surface area contributed by atoms with E-state index in [2.05, 4.69) is 26.0 Å². The highest BCUT2D eigenvalue weighted by atomic mass is 16.5. The monoisotopic (exact) mass is 402 g/mol. The zero-order valence-electron chi connectivity index (χ0n) is 18.7. The van der Waals surface area contributed by atoms with E-state index in [1.165, 1.54) is 22.3 Å². The zero-order valence-corrected chi connectivity index (χ0v) is 18.7. The summed E-state index contributed by atoms with van der Waals surface area (Å²) in [6, 6.07) is 4.66. The van der Waals surface area contributed by atoms with Gasteiger partial charge in [-0.25, -0.2) is 0 Å². The molecule has 0 bridgehead atoms. The van der Waals surface area contributed by atoms with Crippen LogP contribution in [-0.2, 0) is 27.2 Å². The lowest BCUT2D eigenvalue weighted by molar-refractivity contribution is -0.147. The molecule has 0 radical (unpaired) electrons. The van der Waals surface area contributed by atoms with Gasteiger partial charge >= 0.3 is 5.97 Å². The minimum Gasteiger partial charge on any atom is -0.481 e. The van der Waals surface area contributed by atoms with E-state index >= 15 is 0 Å². The molecule has 1 aromatic carbocycles. The van der Waals surface area contributed by atoms with Crippen LogP contribution < -0.4 is 0 Å². The Bertz CT molecular complexity index is 701. The fourth-order valence-electron chi connectivity index (χ4n) is 4.03. The molecular weight excluding hydrogens is 364 g/mol. The summed E-state index contributed by atoms with van der Waals surface area (Å²) in [5.74, 6) is -0.707. The van der Waals surface area contributed by atoms with Crippen LogP contribution in [0.5, 0.6) is 0 Å². The number of hydrogen-bond donors (Lipinski definition) is 1. The van der Waals surface area contributed by atoms with Crippen molar-refractivity contribution in [3.05, 3.63) is 34.4 Å². The van der Waals surface area contributed by atoms with E-state index < -0.39 is 11.4 Å². The maximum atomic E-state index is 11.2. The minimum atomic E-state index is -0.707. The van der Waals surface area contributed by atoms with E-state index in [4.69, 9.17) is 4.74 Å². The number of carbonyl (C=O) groups is 2. The predicted molar refractivity (Wildman–Crippen MR) is 116 cm³/mol. The fourth-order valence-corrected chi connectivity index (χ4v) is 4.03. The molecule has 1 aliphatic carbocycles. The summed E-state index contributed by atoms with van der Waals surface area (Å²) in [5.41, 5.74) is 4.82. The fraction of sp³-hybridized carbons (Fsp3) is 0.680. The van der Waals surface area contributed by atoms with Crippen molar-refractivity contribution in [2.45, 2.75) is 104 Å². The molecule has 1 N–H and O–H groups in total. The molecule has 0 aliphatic heterocycles. The van der Waals surface area contributed by atoms with Crippen molar-refractivity contribution in [3.63, 3.8) is 0 Å². The molecule has 2 rings (SSSR count). The molecule has 0 heterocycles. The third-order valence-corrected chi connectivity index (χ3v) is 6.62. The molecule has 1 saturated carbocycles. The molecule has 0 unspecified atom stereocenters. The van der Waals surface area contributed by atoms with Gasteiger partial charge in [-0.05, 0) is 108 Å². The molecular formula is C25H38O4.